The Morgan fingerprint density at radius 1 is 1.00 bits per heavy atom. The monoisotopic (exact) mass is 315 g/mol. The first-order chi connectivity index (χ1) is 11.2. The number of rotatable bonds is 6. The number of hydrogen-bond donors (Lipinski definition) is 2. The van der Waals surface area contributed by atoms with Gasteiger partial charge in [0.05, 0.1) is 0 Å². The molecule has 0 saturated carbocycles. The first-order valence-electron chi connectivity index (χ1n) is 6.86. The highest BCUT2D eigenvalue weighted by molar-refractivity contribution is 5.90. The van der Waals surface area contributed by atoms with Gasteiger partial charge in [0.15, 0.2) is 0 Å². The molecule has 0 bridgehead atoms. The van der Waals surface area contributed by atoms with Gasteiger partial charge in [-0.15, -0.1) is 5.06 Å². The van der Waals surface area contributed by atoms with Crippen LogP contribution in [0.25, 0.3) is 0 Å². The van der Waals surface area contributed by atoms with E-state index in [1.807, 2.05) is 48.5 Å². The minimum atomic E-state index is -1.38. The van der Waals surface area contributed by atoms with Crippen molar-refractivity contribution in [1.82, 2.24) is 5.06 Å². The molecule has 1 amide bonds. The molecule has 0 saturated heterocycles. The Kier molecular flexibility index (Phi) is 5.96. The van der Waals surface area contributed by atoms with E-state index in [0.717, 1.165) is 11.1 Å². The normalized spacial score (nSPS) is 11.0. The zero-order valence-electron chi connectivity index (χ0n) is 12.3. The van der Waals surface area contributed by atoms with Gasteiger partial charge in [-0.25, -0.2) is 4.79 Å². The molecule has 120 valence electrons. The van der Waals surface area contributed by atoms with Gasteiger partial charge in [0.2, 0.25) is 0 Å². The van der Waals surface area contributed by atoms with Crippen LogP contribution in [0, 0.1) is 0 Å². The van der Waals surface area contributed by atoms with Crippen LogP contribution in [0.2, 0.25) is 0 Å². The molecule has 0 aliphatic rings. The van der Waals surface area contributed by atoms with Crippen molar-refractivity contribution in [2.75, 3.05) is 0 Å². The topological polar surface area (TPSA) is 97.4 Å². The maximum Gasteiger partial charge on any atom is 0.439 e. The van der Waals surface area contributed by atoms with Crippen molar-refractivity contribution >= 4 is 12.1 Å². The molecule has 0 aliphatic carbocycles. The summed E-state index contributed by atoms with van der Waals surface area (Å²) in [5.74, 6) is -0.399. The quantitative estimate of drug-likeness (QED) is 0.485. The Morgan fingerprint density at radius 3 is 2.04 bits per heavy atom. The van der Waals surface area contributed by atoms with E-state index in [0.29, 0.717) is 5.06 Å². The van der Waals surface area contributed by atoms with Crippen molar-refractivity contribution in [3.63, 3.8) is 0 Å². The van der Waals surface area contributed by atoms with Crippen molar-refractivity contribution in [1.29, 1.82) is 0 Å². The molecule has 0 aromatic heterocycles. The van der Waals surface area contributed by atoms with E-state index in [2.05, 4.69) is 5.16 Å². The van der Waals surface area contributed by atoms with Gasteiger partial charge in [-0.1, -0.05) is 60.7 Å². The fourth-order valence-corrected chi connectivity index (χ4v) is 1.72. The predicted octanol–water partition coefficient (Wildman–Crippen LogP) is 2.54. The molecule has 2 rings (SSSR count). The third kappa shape index (κ3) is 5.33. The van der Waals surface area contributed by atoms with Crippen LogP contribution in [0.4, 0.5) is 4.79 Å². The lowest BCUT2D eigenvalue weighted by molar-refractivity contribution is -0.0914. The van der Waals surface area contributed by atoms with Crippen LogP contribution in [-0.4, -0.2) is 22.2 Å². The number of oxime groups is 1. The smallest absolute Gasteiger partial charge is 0.439 e. The maximum atomic E-state index is 11.2. The number of carbonyl (C=O) groups is 1. The van der Waals surface area contributed by atoms with Gasteiger partial charge in [-0.05, 0) is 16.3 Å². The minimum absolute atomic E-state index is 0.0437. The standard InChI is InChI=1S/C16H17N3O4/c17-15(18-22-11-13-7-3-1-4-8-13)19(16(20)21)23-12-14-9-5-2-6-10-14/h1-10H,11-12H2,(H2,17,18)(H,20,21). The van der Waals surface area contributed by atoms with Crippen LogP contribution >= 0.6 is 0 Å². The Hall–Kier alpha value is -3.06. The first kappa shape index (κ1) is 16.3. The molecule has 0 spiro atoms. The Labute approximate surface area is 133 Å². The number of hydrogen-bond acceptors (Lipinski definition) is 4. The molecular weight excluding hydrogens is 298 g/mol. The number of guanidine groups is 1. The lowest BCUT2D eigenvalue weighted by Gasteiger charge is -2.16. The van der Waals surface area contributed by atoms with Gasteiger partial charge in [0.1, 0.15) is 13.2 Å². The SMILES string of the molecule is NC(=NOCc1ccccc1)N(OCc1ccccc1)C(=O)O. The molecular formula is C16H17N3O4. The van der Waals surface area contributed by atoms with E-state index in [4.69, 9.17) is 20.5 Å². The summed E-state index contributed by atoms with van der Waals surface area (Å²) in [5.41, 5.74) is 7.28. The summed E-state index contributed by atoms with van der Waals surface area (Å²) in [7, 11) is 0. The molecule has 2 aromatic carbocycles. The Balaban J connectivity index is 1.91. The van der Waals surface area contributed by atoms with Crippen molar-refractivity contribution in [3.8, 4) is 0 Å². The van der Waals surface area contributed by atoms with Crippen LogP contribution < -0.4 is 5.73 Å². The highest BCUT2D eigenvalue weighted by atomic mass is 16.7. The molecule has 0 atom stereocenters. The molecule has 2 aromatic rings. The third-order valence-electron chi connectivity index (χ3n) is 2.82. The molecule has 7 heteroatoms. The molecule has 0 aliphatic heterocycles. The number of nitrogens with zero attached hydrogens (tertiary/aromatic N) is 2. The second-order valence-corrected chi connectivity index (χ2v) is 4.54. The lowest BCUT2D eigenvalue weighted by Crippen LogP contribution is -2.41. The first-order valence-corrected chi connectivity index (χ1v) is 6.86. The van der Waals surface area contributed by atoms with Crippen molar-refractivity contribution < 1.29 is 19.6 Å². The number of benzene rings is 2. The van der Waals surface area contributed by atoms with E-state index in [-0.39, 0.29) is 13.2 Å². The lowest BCUT2D eigenvalue weighted by atomic mass is 10.2. The van der Waals surface area contributed by atoms with E-state index < -0.39 is 12.1 Å². The van der Waals surface area contributed by atoms with Gasteiger partial charge < -0.3 is 15.7 Å². The van der Waals surface area contributed by atoms with Gasteiger partial charge in [-0.2, -0.15) is 0 Å². The molecule has 23 heavy (non-hydrogen) atoms. The fourth-order valence-electron chi connectivity index (χ4n) is 1.72. The van der Waals surface area contributed by atoms with Crippen LogP contribution in [-0.2, 0) is 22.9 Å². The van der Waals surface area contributed by atoms with Crippen molar-refractivity contribution in [2.45, 2.75) is 13.2 Å². The van der Waals surface area contributed by atoms with Crippen LogP contribution in [0.15, 0.2) is 65.8 Å². The molecule has 7 nitrogen and oxygen atoms in total. The number of amides is 1. The van der Waals surface area contributed by atoms with Crippen LogP contribution in [0.3, 0.4) is 0 Å². The third-order valence-corrected chi connectivity index (χ3v) is 2.82. The number of carboxylic acid groups (broad SMARTS) is 1. The number of nitrogens with two attached hydrogens (primary N) is 1. The van der Waals surface area contributed by atoms with Gasteiger partial charge in [0, 0.05) is 0 Å². The largest absolute Gasteiger partial charge is 0.463 e. The van der Waals surface area contributed by atoms with Gasteiger partial charge >= 0.3 is 6.09 Å². The Morgan fingerprint density at radius 2 is 1.52 bits per heavy atom. The Bertz CT molecular complexity index is 647. The van der Waals surface area contributed by atoms with Crippen LogP contribution in [0.5, 0.6) is 0 Å². The molecule has 0 heterocycles. The number of hydroxylamine groups is 2. The van der Waals surface area contributed by atoms with E-state index >= 15 is 0 Å². The summed E-state index contributed by atoms with van der Waals surface area (Å²) < 4.78 is 0. The van der Waals surface area contributed by atoms with Gasteiger partial charge in [0.25, 0.3) is 5.96 Å². The molecule has 0 radical (unpaired) electrons. The average Bonchev–Trinajstić information content (AvgIpc) is 2.56. The second-order valence-electron chi connectivity index (χ2n) is 4.54. The summed E-state index contributed by atoms with van der Waals surface area (Å²) in [5, 5.41) is 13.2. The molecule has 0 unspecified atom stereocenters. The highest BCUT2D eigenvalue weighted by Gasteiger charge is 2.18. The van der Waals surface area contributed by atoms with Gasteiger partial charge in [-0.3, -0.25) is 4.84 Å². The average molecular weight is 315 g/mol. The zero-order chi connectivity index (χ0) is 16.5. The van der Waals surface area contributed by atoms with E-state index in [9.17, 15) is 4.79 Å². The second kappa shape index (κ2) is 8.40. The maximum absolute atomic E-state index is 11.2. The molecule has 3 N–H and O–H groups in total. The highest BCUT2D eigenvalue weighted by Crippen LogP contribution is 2.05. The fraction of sp³-hybridized carbons (Fsp3) is 0.125. The zero-order valence-corrected chi connectivity index (χ0v) is 12.3. The summed E-state index contributed by atoms with van der Waals surface area (Å²) in [6.45, 7) is 0.218. The summed E-state index contributed by atoms with van der Waals surface area (Å²) >= 11 is 0. The predicted molar refractivity (Wildman–Crippen MR) is 83.9 cm³/mol. The van der Waals surface area contributed by atoms with E-state index in [1.165, 1.54) is 0 Å². The summed E-state index contributed by atoms with van der Waals surface area (Å²) in [4.78, 5) is 21.4. The van der Waals surface area contributed by atoms with Crippen molar-refractivity contribution in [2.24, 2.45) is 10.9 Å². The van der Waals surface area contributed by atoms with Crippen LogP contribution in [0.1, 0.15) is 11.1 Å². The molecule has 0 fully saturated rings. The van der Waals surface area contributed by atoms with E-state index in [1.54, 1.807) is 12.1 Å². The van der Waals surface area contributed by atoms with Crippen molar-refractivity contribution in [3.05, 3.63) is 71.8 Å². The summed E-state index contributed by atoms with van der Waals surface area (Å²) in [6.07, 6.45) is -1.38. The summed E-state index contributed by atoms with van der Waals surface area (Å²) in [6, 6.07) is 18.4. The minimum Gasteiger partial charge on any atom is -0.463 e.